The SMILES string of the molecule is COC(=O)c1ccc(Nc2nc(C(C)C)nc3ccccc23)cc1. The number of methoxy groups -OCH3 is 1. The number of carbonyl (C=O) groups excluding carboxylic acids is 1. The molecule has 0 saturated heterocycles. The highest BCUT2D eigenvalue weighted by Gasteiger charge is 2.11. The van der Waals surface area contributed by atoms with Crippen LogP contribution in [0.2, 0.25) is 0 Å². The topological polar surface area (TPSA) is 64.1 Å². The van der Waals surface area contributed by atoms with Crippen LogP contribution in [-0.2, 0) is 4.74 Å². The number of aromatic nitrogens is 2. The number of nitrogens with zero attached hydrogens (tertiary/aromatic N) is 2. The van der Waals surface area contributed by atoms with Crippen molar-refractivity contribution in [1.29, 1.82) is 0 Å². The summed E-state index contributed by atoms with van der Waals surface area (Å²) in [7, 11) is 1.37. The number of para-hydroxylation sites is 1. The number of carbonyl (C=O) groups is 1. The standard InChI is InChI=1S/C19H19N3O2/c1-12(2)17-21-16-7-5-4-6-15(16)18(22-17)20-14-10-8-13(9-11-14)19(23)24-3/h4-12H,1-3H3,(H,20,21,22). The Hall–Kier alpha value is -2.95. The van der Waals surface area contributed by atoms with Crippen molar-refractivity contribution >= 4 is 28.4 Å². The maximum absolute atomic E-state index is 11.5. The smallest absolute Gasteiger partial charge is 0.337 e. The number of esters is 1. The Morgan fingerprint density at radius 1 is 1.04 bits per heavy atom. The molecule has 1 heterocycles. The van der Waals surface area contributed by atoms with E-state index in [-0.39, 0.29) is 11.9 Å². The van der Waals surface area contributed by atoms with Crippen LogP contribution in [-0.4, -0.2) is 23.0 Å². The molecule has 0 amide bonds. The van der Waals surface area contributed by atoms with Gasteiger partial charge in [-0.25, -0.2) is 14.8 Å². The van der Waals surface area contributed by atoms with Gasteiger partial charge >= 0.3 is 5.97 Å². The van der Waals surface area contributed by atoms with Crippen LogP contribution < -0.4 is 5.32 Å². The van der Waals surface area contributed by atoms with Gasteiger partial charge in [0.15, 0.2) is 0 Å². The number of ether oxygens (including phenoxy) is 1. The van der Waals surface area contributed by atoms with Crippen molar-refractivity contribution in [1.82, 2.24) is 9.97 Å². The minimum Gasteiger partial charge on any atom is -0.465 e. The van der Waals surface area contributed by atoms with E-state index in [0.717, 1.165) is 28.2 Å². The molecule has 0 spiro atoms. The molecule has 1 N–H and O–H groups in total. The van der Waals surface area contributed by atoms with E-state index in [1.165, 1.54) is 7.11 Å². The van der Waals surface area contributed by atoms with Crippen LogP contribution >= 0.6 is 0 Å². The molecule has 0 saturated carbocycles. The fraction of sp³-hybridized carbons (Fsp3) is 0.211. The molecular formula is C19H19N3O2. The number of nitrogens with one attached hydrogen (secondary N) is 1. The van der Waals surface area contributed by atoms with Crippen LogP contribution in [0.3, 0.4) is 0 Å². The molecule has 0 aliphatic rings. The van der Waals surface area contributed by atoms with Gasteiger partial charge in [-0.15, -0.1) is 0 Å². The molecule has 0 fully saturated rings. The van der Waals surface area contributed by atoms with E-state index >= 15 is 0 Å². The van der Waals surface area contributed by atoms with Gasteiger partial charge in [-0.2, -0.15) is 0 Å². The van der Waals surface area contributed by atoms with Gasteiger partial charge in [-0.05, 0) is 36.4 Å². The van der Waals surface area contributed by atoms with Crippen molar-refractivity contribution in [2.75, 3.05) is 12.4 Å². The first-order chi connectivity index (χ1) is 11.6. The summed E-state index contributed by atoms with van der Waals surface area (Å²) >= 11 is 0. The van der Waals surface area contributed by atoms with Gasteiger partial charge in [0.2, 0.25) is 0 Å². The Labute approximate surface area is 140 Å². The van der Waals surface area contributed by atoms with Gasteiger partial charge in [0.25, 0.3) is 0 Å². The zero-order valence-corrected chi connectivity index (χ0v) is 13.9. The third kappa shape index (κ3) is 3.20. The molecule has 0 atom stereocenters. The van der Waals surface area contributed by atoms with E-state index < -0.39 is 0 Å². The molecule has 5 heteroatoms. The summed E-state index contributed by atoms with van der Waals surface area (Å²) in [6.45, 7) is 4.14. The number of anilines is 2. The predicted octanol–water partition coefficient (Wildman–Crippen LogP) is 4.28. The van der Waals surface area contributed by atoms with Crippen molar-refractivity contribution < 1.29 is 9.53 Å². The molecule has 5 nitrogen and oxygen atoms in total. The first-order valence-corrected chi connectivity index (χ1v) is 7.80. The quantitative estimate of drug-likeness (QED) is 0.726. The lowest BCUT2D eigenvalue weighted by atomic mass is 10.1. The van der Waals surface area contributed by atoms with E-state index in [1.54, 1.807) is 12.1 Å². The summed E-state index contributed by atoms with van der Waals surface area (Å²) in [5.41, 5.74) is 2.27. The summed E-state index contributed by atoms with van der Waals surface area (Å²) in [6.07, 6.45) is 0. The molecule has 3 rings (SSSR count). The largest absolute Gasteiger partial charge is 0.465 e. The second-order valence-electron chi connectivity index (χ2n) is 5.80. The summed E-state index contributed by atoms with van der Waals surface area (Å²) in [5.74, 6) is 1.44. The molecule has 0 unspecified atom stereocenters. The van der Waals surface area contributed by atoms with Gasteiger partial charge in [-0.1, -0.05) is 26.0 Å². The highest BCUT2D eigenvalue weighted by molar-refractivity contribution is 5.92. The van der Waals surface area contributed by atoms with Crippen LogP contribution in [0, 0.1) is 0 Å². The van der Waals surface area contributed by atoms with Crippen molar-refractivity contribution in [3.8, 4) is 0 Å². The van der Waals surface area contributed by atoms with Gasteiger partial charge in [0.05, 0.1) is 18.2 Å². The summed E-state index contributed by atoms with van der Waals surface area (Å²) in [4.78, 5) is 20.8. The minimum atomic E-state index is -0.351. The maximum atomic E-state index is 11.5. The molecule has 0 bridgehead atoms. The molecule has 122 valence electrons. The average Bonchev–Trinajstić information content (AvgIpc) is 2.61. The number of hydrogen-bond donors (Lipinski definition) is 1. The second-order valence-corrected chi connectivity index (χ2v) is 5.80. The highest BCUT2D eigenvalue weighted by atomic mass is 16.5. The molecule has 2 aromatic carbocycles. The van der Waals surface area contributed by atoms with Crippen molar-refractivity contribution in [2.45, 2.75) is 19.8 Å². The van der Waals surface area contributed by atoms with Gasteiger partial charge in [0, 0.05) is 17.0 Å². The molecule has 1 aromatic heterocycles. The molecule has 0 aliphatic carbocycles. The molecule has 24 heavy (non-hydrogen) atoms. The van der Waals surface area contributed by atoms with Crippen molar-refractivity contribution in [3.05, 3.63) is 59.9 Å². The lowest BCUT2D eigenvalue weighted by molar-refractivity contribution is 0.0601. The monoisotopic (exact) mass is 321 g/mol. The van der Waals surface area contributed by atoms with Crippen molar-refractivity contribution in [2.24, 2.45) is 0 Å². The van der Waals surface area contributed by atoms with Gasteiger partial charge in [0.1, 0.15) is 11.6 Å². The zero-order valence-electron chi connectivity index (χ0n) is 13.9. The predicted molar refractivity (Wildman–Crippen MR) is 94.7 cm³/mol. The van der Waals surface area contributed by atoms with E-state index in [0.29, 0.717) is 5.56 Å². The minimum absolute atomic E-state index is 0.233. The van der Waals surface area contributed by atoms with Crippen molar-refractivity contribution in [3.63, 3.8) is 0 Å². The zero-order chi connectivity index (χ0) is 17.1. The van der Waals surface area contributed by atoms with E-state index in [9.17, 15) is 4.79 Å². The van der Waals surface area contributed by atoms with Crippen LogP contribution in [0.15, 0.2) is 48.5 Å². The van der Waals surface area contributed by atoms with Crippen LogP contribution in [0.25, 0.3) is 10.9 Å². The summed E-state index contributed by atoms with van der Waals surface area (Å²) in [5, 5.41) is 4.28. The third-order valence-electron chi connectivity index (χ3n) is 3.71. The molecular weight excluding hydrogens is 302 g/mol. The normalized spacial score (nSPS) is 10.8. The van der Waals surface area contributed by atoms with Crippen LogP contribution in [0.4, 0.5) is 11.5 Å². The van der Waals surface area contributed by atoms with Gasteiger partial charge in [-0.3, -0.25) is 0 Å². The first kappa shape index (κ1) is 15.9. The summed E-state index contributed by atoms with van der Waals surface area (Å²) in [6, 6.07) is 15.0. The molecule has 0 aliphatic heterocycles. The van der Waals surface area contributed by atoms with Crippen LogP contribution in [0.5, 0.6) is 0 Å². The lowest BCUT2D eigenvalue weighted by Crippen LogP contribution is -2.04. The number of benzene rings is 2. The average molecular weight is 321 g/mol. The van der Waals surface area contributed by atoms with E-state index in [2.05, 4.69) is 29.1 Å². The molecule has 3 aromatic rings. The number of fused-ring (bicyclic) bond motifs is 1. The Kier molecular flexibility index (Phi) is 4.42. The second kappa shape index (κ2) is 6.66. The maximum Gasteiger partial charge on any atom is 0.337 e. The Balaban J connectivity index is 1.98. The fourth-order valence-electron chi connectivity index (χ4n) is 2.39. The number of rotatable bonds is 4. The van der Waals surface area contributed by atoms with Crippen LogP contribution in [0.1, 0.15) is 35.9 Å². The van der Waals surface area contributed by atoms with E-state index in [1.807, 2.05) is 36.4 Å². The number of hydrogen-bond acceptors (Lipinski definition) is 5. The highest BCUT2D eigenvalue weighted by Crippen LogP contribution is 2.26. The first-order valence-electron chi connectivity index (χ1n) is 7.80. The third-order valence-corrected chi connectivity index (χ3v) is 3.71. The lowest BCUT2D eigenvalue weighted by Gasteiger charge is -2.12. The van der Waals surface area contributed by atoms with E-state index in [4.69, 9.17) is 4.74 Å². The fourth-order valence-corrected chi connectivity index (χ4v) is 2.39. The Morgan fingerprint density at radius 2 is 1.75 bits per heavy atom. The Morgan fingerprint density at radius 3 is 2.42 bits per heavy atom. The Bertz CT molecular complexity index is 873. The molecule has 0 radical (unpaired) electrons. The van der Waals surface area contributed by atoms with Gasteiger partial charge < -0.3 is 10.1 Å². The summed E-state index contributed by atoms with van der Waals surface area (Å²) < 4.78 is 4.71.